The maximum Gasteiger partial charge on any atom is 0.225 e. The lowest BCUT2D eigenvalue weighted by molar-refractivity contribution is -0.125. The van der Waals surface area contributed by atoms with Crippen LogP contribution in [0.15, 0.2) is 36.7 Å². The lowest BCUT2D eigenvalue weighted by Crippen LogP contribution is -2.43. The molecular weight excluding hydrogens is 355 g/mol. The Kier molecular flexibility index (Phi) is 7.34. The van der Waals surface area contributed by atoms with E-state index in [4.69, 9.17) is 0 Å². The van der Waals surface area contributed by atoms with Gasteiger partial charge in [0.25, 0.3) is 0 Å². The number of carbonyl (C=O) groups is 1. The number of amides is 1. The molecule has 1 fully saturated rings. The van der Waals surface area contributed by atoms with Gasteiger partial charge < -0.3 is 10.2 Å². The Hall–Kier alpha value is -2.50. The first-order chi connectivity index (χ1) is 13.7. The molecule has 0 saturated carbocycles. The van der Waals surface area contributed by atoms with Crippen molar-refractivity contribution in [1.82, 2.24) is 15.3 Å². The number of anilines is 1. The molecule has 0 unspecified atom stereocenters. The van der Waals surface area contributed by atoms with E-state index in [0.717, 1.165) is 43.5 Å². The molecule has 1 aromatic carbocycles. The molecule has 1 atom stereocenters. The van der Waals surface area contributed by atoms with Gasteiger partial charge in [0.05, 0.1) is 5.92 Å². The van der Waals surface area contributed by atoms with Crippen LogP contribution < -0.4 is 10.2 Å². The Morgan fingerprint density at radius 3 is 2.61 bits per heavy atom. The van der Waals surface area contributed by atoms with Crippen molar-refractivity contribution in [1.29, 1.82) is 0 Å². The molecule has 1 aliphatic heterocycles. The minimum atomic E-state index is -0.260. The minimum Gasteiger partial charge on any atom is -0.356 e. The predicted molar refractivity (Wildman–Crippen MR) is 110 cm³/mol. The van der Waals surface area contributed by atoms with Gasteiger partial charge in [-0.15, -0.1) is 0 Å². The Morgan fingerprint density at radius 1 is 1.14 bits per heavy atom. The highest BCUT2D eigenvalue weighted by molar-refractivity contribution is 5.79. The molecule has 5 nitrogen and oxygen atoms in total. The number of hydrogen-bond acceptors (Lipinski definition) is 4. The normalized spacial score (nSPS) is 16.8. The van der Waals surface area contributed by atoms with E-state index in [-0.39, 0.29) is 17.6 Å². The molecule has 28 heavy (non-hydrogen) atoms. The summed E-state index contributed by atoms with van der Waals surface area (Å²) in [6.45, 7) is 4.45. The monoisotopic (exact) mass is 384 g/mol. The highest BCUT2D eigenvalue weighted by Gasteiger charge is 2.26. The minimum absolute atomic E-state index is 0.0136. The number of carbonyl (C=O) groups excluding carboxylic acids is 1. The van der Waals surface area contributed by atoms with E-state index in [2.05, 4.69) is 27.1 Å². The zero-order valence-electron chi connectivity index (χ0n) is 16.5. The fraction of sp³-hybridized carbons (Fsp3) is 0.500. The third kappa shape index (κ3) is 5.50. The Balaban J connectivity index is 1.55. The number of benzene rings is 1. The number of aromatic nitrogens is 2. The Bertz CT molecular complexity index is 748. The van der Waals surface area contributed by atoms with Crippen LogP contribution in [-0.4, -0.2) is 35.5 Å². The van der Waals surface area contributed by atoms with E-state index in [1.165, 1.54) is 31.4 Å². The Labute approximate surface area is 166 Å². The molecule has 150 valence electrons. The summed E-state index contributed by atoms with van der Waals surface area (Å²) in [5, 5.41) is 3.08. The molecule has 0 aliphatic carbocycles. The van der Waals surface area contributed by atoms with Gasteiger partial charge in [-0.3, -0.25) is 4.79 Å². The SMILES string of the molecule is CCCCCCNC(=O)[C@@H]1CCCN(c2ncc(-c3ccc(F)cc3)cn2)C1. The number of piperidine rings is 1. The first-order valence-electron chi connectivity index (χ1n) is 10.3. The van der Waals surface area contributed by atoms with Crippen LogP contribution in [0.4, 0.5) is 10.3 Å². The second-order valence-electron chi connectivity index (χ2n) is 7.42. The fourth-order valence-electron chi connectivity index (χ4n) is 3.56. The standard InChI is InChI=1S/C22H29FN4O/c1-2-3-4-5-12-24-21(28)18-7-6-13-27(16-18)22-25-14-19(15-26-22)17-8-10-20(23)11-9-17/h8-11,14-15,18H,2-7,12-13,16H2,1H3,(H,24,28)/t18-/m1/s1. The van der Waals surface area contributed by atoms with E-state index < -0.39 is 0 Å². The molecule has 2 heterocycles. The third-order valence-corrected chi connectivity index (χ3v) is 5.22. The number of hydrogen-bond donors (Lipinski definition) is 1. The molecule has 6 heteroatoms. The van der Waals surface area contributed by atoms with E-state index in [1.54, 1.807) is 24.5 Å². The summed E-state index contributed by atoms with van der Waals surface area (Å²) < 4.78 is 13.1. The van der Waals surface area contributed by atoms with E-state index in [9.17, 15) is 9.18 Å². The van der Waals surface area contributed by atoms with E-state index in [1.807, 2.05) is 0 Å². The zero-order valence-corrected chi connectivity index (χ0v) is 16.5. The largest absolute Gasteiger partial charge is 0.356 e. The summed E-state index contributed by atoms with van der Waals surface area (Å²) >= 11 is 0. The van der Waals surface area contributed by atoms with Gasteiger partial charge in [-0.1, -0.05) is 38.3 Å². The number of nitrogens with zero attached hydrogens (tertiary/aromatic N) is 3. The molecular formula is C22H29FN4O. The number of rotatable bonds is 8. The average Bonchev–Trinajstić information content (AvgIpc) is 2.74. The van der Waals surface area contributed by atoms with Gasteiger partial charge in [-0.25, -0.2) is 14.4 Å². The topological polar surface area (TPSA) is 58.1 Å². The first-order valence-corrected chi connectivity index (χ1v) is 10.3. The molecule has 1 N–H and O–H groups in total. The summed E-state index contributed by atoms with van der Waals surface area (Å²) in [6, 6.07) is 6.30. The van der Waals surface area contributed by atoms with Gasteiger partial charge in [-0.05, 0) is 37.0 Å². The van der Waals surface area contributed by atoms with Crippen molar-refractivity contribution in [3.05, 3.63) is 42.5 Å². The van der Waals surface area contributed by atoms with Gasteiger partial charge >= 0.3 is 0 Å². The summed E-state index contributed by atoms with van der Waals surface area (Å²) in [6.07, 6.45) is 10.0. The third-order valence-electron chi connectivity index (χ3n) is 5.22. The summed E-state index contributed by atoms with van der Waals surface area (Å²) in [4.78, 5) is 23.5. The van der Waals surface area contributed by atoms with Crippen LogP contribution in [0.25, 0.3) is 11.1 Å². The summed E-state index contributed by atoms with van der Waals surface area (Å²) in [5.41, 5.74) is 1.73. The van der Waals surface area contributed by atoms with Crippen molar-refractivity contribution < 1.29 is 9.18 Å². The Morgan fingerprint density at radius 2 is 1.89 bits per heavy atom. The second-order valence-corrected chi connectivity index (χ2v) is 7.42. The smallest absolute Gasteiger partial charge is 0.225 e. The number of unbranched alkanes of at least 4 members (excludes halogenated alkanes) is 3. The molecule has 0 bridgehead atoms. The quantitative estimate of drug-likeness (QED) is 0.693. The molecule has 1 aromatic heterocycles. The van der Waals surface area contributed by atoms with Crippen molar-refractivity contribution >= 4 is 11.9 Å². The average molecular weight is 384 g/mol. The van der Waals surface area contributed by atoms with Crippen molar-refractivity contribution in [3.63, 3.8) is 0 Å². The van der Waals surface area contributed by atoms with Gasteiger partial charge in [0.1, 0.15) is 5.82 Å². The lowest BCUT2D eigenvalue weighted by atomic mass is 9.97. The van der Waals surface area contributed by atoms with Crippen LogP contribution in [0.1, 0.15) is 45.4 Å². The van der Waals surface area contributed by atoms with Crippen LogP contribution in [0.2, 0.25) is 0 Å². The molecule has 0 spiro atoms. The first kappa shape index (κ1) is 20.2. The van der Waals surface area contributed by atoms with Crippen LogP contribution in [0.3, 0.4) is 0 Å². The van der Waals surface area contributed by atoms with Crippen molar-refractivity contribution in [2.24, 2.45) is 5.92 Å². The number of nitrogens with one attached hydrogen (secondary N) is 1. The van der Waals surface area contributed by atoms with E-state index >= 15 is 0 Å². The van der Waals surface area contributed by atoms with Crippen molar-refractivity contribution in [2.45, 2.75) is 45.4 Å². The predicted octanol–water partition coefficient (Wildman–Crippen LogP) is 4.20. The van der Waals surface area contributed by atoms with Crippen LogP contribution in [-0.2, 0) is 4.79 Å². The fourth-order valence-corrected chi connectivity index (χ4v) is 3.56. The van der Waals surface area contributed by atoms with Gasteiger partial charge in [0, 0.05) is 37.6 Å². The van der Waals surface area contributed by atoms with Crippen molar-refractivity contribution in [3.8, 4) is 11.1 Å². The van der Waals surface area contributed by atoms with Crippen LogP contribution in [0.5, 0.6) is 0 Å². The van der Waals surface area contributed by atoms with E-state index in [0.29, 0.717) is 12.5 Å². The molecule has 3 rings (SSSR count). The summed E-state index contributed by atoms with van der Waals surface area (Å²) in [5.74, 6) is 0.514. The highest BCUT2D eigenvalue weighted by atomic mass is 19.1. The van der Waals surface area contributed by atoms with Crippen molar-refractivity contribution in [2.75, 3.05) is 24.5 Å². The van der Waals surface area contributed by atoms with Crippen LogP contribution in [0, 0.1) is 11.7 Å². The second kappa shape index (κ2) is 10.2. The lowest BCUT2D eigenvalue weighted by Gasteiger charge is -2.32. The maximum absolute atomic E-state index is 13.1. The maximum atomic E-state index is 13.1. The molecule has 1 saturated heterocycles. The van der Waals surface area contributed by atoms with Gasteiger partial charge in [0.15, 0.2) is 0 Å². The zero-order chi connectivity index (χ0) is 19.8. The molecule has 1 amide bonds. The van der Waals surface area contributed by atoms with Gasteiger partial charge in [-0.2, -0.15) is 0 Å². The van der Waals surface area contributed by atoms with Gasteiger partial charge in [0.2, 0.25) is 11.9 Å². The summed E-state index contributed by atoms with van der Waals surface area (Å²) in [7, 11) is 0. The highest BCUT2D eigenvalue weighted by Crippen LogP contribution is 2.23. The number of halogens is 1. The molecule has 0 radical (unpaired) electrons. The van der Waals surface area contributed by atoms with Crippen LogP contribution >= 0.6 is 0 Å². The molecule has 1 aliphatic rings. The molecule has 2 aromatic rings.